The molecule has 4 heteroatoms. The number of likely N-dealkylation sites (tertiary alicyclic amines) is 1. The molecule has 2 heterocycles. The topological polar surface area (TPSA) is 32.3 Å². The molecule has 0 aliphatic carbocycles. The van der Waals surface area contributed by atoms with E-state index in [9.17, 15) is 4.79 Å². The van der Waals surface area contributed by atoms with Crippen molar-refractivity contribution in [2.24, 2.45) is 0 Å². The zero-order chi connectivity index (χ0) is 15.4. The van der Waals surface area contributed by atoms with Crippen molar-refractivity contribution in [3.63, 3.8) is 0 Å². The minimum atomic E-state index is 0.0707. The normalized spacial score (nSPS) is 17.7. The zero-order valence-electron chi connectivity index (χ0n) is 12.9. The van der Waals surface area contributed by atoms with Crippen LogP contribution in [0, 0.1) is 6.92 Å². The standard InChI is InChI=1S/C18H22N2OS/c1-14-4-2-5-15(12-14)7-9-19-18(21)20-10-3-6-17(20)16-8-11-22-13-16/h2,4-5,8,11-13,17H,3,6-7,9-10H2,1H3,(H,19,21). The highest BCUT2D eigenvalue weighted by Gasteiger charge is 2.29. The number of hydrogen-bond donors (Lipinski definition) is 1. The zero-order valence-corrected chi connectivity index (χ0v) is 13.7. The fraction of sp³-hybridized carbons (Fsp3) is 0.389. The van der Waals surface area contributed by atoms with E-state index >= 15 is 0 Å². The van der Waals surface area contributed by atoms with Crippen LogP contribution in [0.4, 0.5) is 4.79 Å². The summed E-state index contributed by atoms with van der Waals surface area (Å²) in [5.74, 6) is 0. The lowest BCUT2D eigenvalue weighted by atomic mass is 10.1. The third-order valence-electron chi connectivity index (χ3n) is 4.21. The number of rotatable bonds is 4. The summed E-state index contributed by atoms with van der Waals surface area (Å²) in [4.78, 5) is 14.4. The van der Waals surface area contributed by atoms with Crippen molar-refractivity contribution in [3.8, 4) is 0 Å². The van der Waals surface area contributed by atoms with E-state index in [0.717, 1.165) is 25.8 Å². The summed E-state index contributed by atoms with van der Waals surface area (Å²) < 4.78 is 0. The van der Waals surface area contributed by atoms with Gasteiger partial charge >= 0.3 is 6.03 Å². The van der Waals surface area contributed by atoms with Crippen LogP contribution in [0.1, 0.15) is 35.6 Å². The Morgan fingerprint density at radius 1 is 1.41 bits per heavy atom. The first-order valence-electron chi connectivity index (χ1n) is 7.86. The molecule has 1 aliphatic heterocycles. The van der Waals surface area contributed by atoms with Gasteiger partial charge in [-0.15, -0.1) is 0 Å². The lowest BCUT2D eigenvalue weighted by Crippen LogP contribution is -2.40. The van der Waals surface area contributed by atoms with E-state index in [1.54, 1.807) is 11.3 Å². The molecule has 3 rings (SSSR count). The highest BCUT2D eigenvalue weighted by atomic mass is 32.1. The molecule has 22 heavy (non-hydrogen) atoms. The van der Waals surface area contributed by atoms with Gasteiger partial charge in [0.1, 0.15) is 0 Å². The van der Waals surface area contributed by atoms with Crippen LogP contribution in [0.5, 0.6) is 0 Å². The van der Waals surface area contributed by atoms with Crippen molar-refractivity contribution in [1.82, 2.24) is 10.2 Å². The molecule has 3 nitrogen and oxygen atoms in total. The molecule has 1 unspecified atom stereocenters. The maximum Gasteiger partial charge on any atom is 0.317 e. The van der Waals surface area contributed by atoms with Gasteiger partial charge in [0.05, 0.1) is 6.04 Å². The first kappa shape index (κ1) is 15.1. The average Bonchev–Trinajstić information content (AvgIpc) is 3.18. The number of nitrogens with zero attached hydrogens (tertiary/aromatic N) is 1. The number of carbonyl (C=O) groups is 1. The highest BCUT2D eigenvalue weighted by Crippen LogP contribution is 2.32. The van der Waals surface area contributed by atoms with E-state index in [2.05, 4.69) is 53.3 Å². The van der Waals surface area contributed by atoms with Crippen molar-refractivity contribution in [2.45, 2.75) is 32.2 Å². The van der Waals surface area contributed by atoms with E-state index in [1.165, 1.54) is 16.7 Å². The predicted molar refractivity (Wildman–Crippen MR) is 91.3 cm³/mol. The Morgan fingerprint density at radius 3 is 3.09 bits per heavy atom. The second kappa shape index (κ2) is 6.97. The Kier molecular flexibility index (Phi) is 4.78. The fourth-order valence-corrected chi connectivity index (χ4v) is 3.81. The van der Waals surface area contributed by atoms with Crippen LogP contribution in [0.15, 0.2) is 41.1 Å². The summed E-state index contributed by atoms with van der Waals surface area (Å²) in [5, 5.41) is 7.32. The lowest BCUT2D eigenvalue weighted by molar-refractivity contribution is 0.193. The van der Waals surface area contributed by atoms with Crippen LogP contribution < -0.4 is 5.32 Å². The maximum absolute atomic E-state index is 12.4. The smallest absolute Gasteiger partial charge is 0.317 e. The van der Waals surface area contributed by atoms with Gasteiger partial charge in [0.25, 0.3) is 0 Å². The van der Waals surface area contributed by atoms with Crippen LogP contribution >= 0.6 is 11.3 Å². The van der Waals surface area contributed by atoms with Crippen LogP contribution in [0.25, 0.3) is 0 Å². The largest absolute Gasteiger partial charge is 0.338 e. The summed E-state index contributed by atoms with van der Waals surface area (Å²) >= 11 is 1.70. The van der Waals surface area contributed by atoms with Crippen molar-refractivity contribution < 1.29 is 4.79 Å². The Hall–Kier alpha value is -1.81. The van der Waals surface area contributed by atoms with E-state index in [1.807, 2.05) is 4.90 Å². The number of aryl methyl sites for hydroxylation is 1. The minimum absolute atomic E-state index is 0.0707. The first-order chi connectivity index (χ1) is 10.7. The van der Waals surface area contributed by atoms with Gasteiger partial charge in [-0.1, -0.05) is 29.8 Å². The Labute approximate surface area is 136 Å². The number of nitrogens with one attached hydrogen (secondary N) is 1. The third-order valence-corrected chi connectivity index (χ3v) is 4.92. The molecule has 116 valence electrons. The third kappa shape index (κ3) is 3.50. The van der Waals surface area contributed by atoms with Crippen LogP contribution in [0.3, 0.4) is 0 Å². The molecular weight excluding hydrogens is 292 g/mol. The monoisotopic (exact) mass is 314 g/mol. The summed E-state index contributed by atoms with van der Waals surface area (Å²) in [7, 11) is 0. The number of carbonyl (C=O) groups excluding carboxylic acids is 1. The summed E-state index contributed by atoms with van der Waals surface area (Å²) in [6.07, 6.45) is 3.04. The second-order valence-corrected chi connectivity index (χ2v) is 6.66. The molecule has 1 fully saturated rings. The van der Waals surface area contributed by atoms with Gasteiger partial charge in [-0.2, -0.15) is 11.3 Å². The molecule has 0 saturated carbocycles. The molecular formula is C18H22N2OS. The number of hydrogen-bond acceptors (Lipinski definition) is 2. The molecule has 2 aromatic rings. The number of thiophene rings is 1. The highest BCUT2D eigenvalue weighted by molar-refractivity contribution is 7.07. The van der Waals surface area contributed by atoms with Crippen molar-refractivity contribution >= 4 is 17.4 Å². The van der Waals surface area contributed by atoms with Gasteiger partial charge in [0, 0.05) is 13.1 Å². The molecule has 1 atom stereocenters. The number of benzene rings is 1. The van der Waals surface area contributed by atoms with Crippen LogP contribution in [0.2, 0.25) is 0 Å². The van der Waals surface area contributed by atoms with Gasteiger partial charge < -0.3 is 10.2 Å². The quantitative estimate of drug-likeness (QED) is 0.903. The van der Waals surface area contributed by atoms with E-state index in [4.69, 9.17) is 0 Å². The summed E-state index contributed by atoms with van der Waals surface area (Å²) in [6, 6.07) is 10.9. The number of amides is 2. The second-order valence-electron chi connectivity index (χ2n) is 5.88. The lowest BCUT2D eigenvalue weighted by Gasteiger charge is -2.24. The van der Waals surface area contributed by atoms with E-state index < -0.39 is 0 Å². The van der Waals surface area contributed by atoms with Gasteiger partial charge in [-0.3, -0.25) is 0 Å². The molecule has 0 radical (unpaired) electrons. The van der Waals surface area contributed by atoms with Gasteiger partial charge in [0.15, 0.2) is 0 Å². The predicted octanol–water partition coefficient (Wildman–Crippen LogP) is 4.15. The molecule has 0 spiro atoms. The Balaban J connectivity index is 1.53. The summed E-state index contributed by atoms with van der Waals surface area (Å²) in [5.41, 5.74) is 3.81. The molecule has 2 amide bonds. The van der Waals surface area contributed by atoms with Gasteiger partial charge in [-0.25, -0.2) is 4.79 Å². The van der Waals surface area contributed by atoms with E-state index in [0.29, 0.717) is 6.54 Å². The minimum Gasteiger partial charge on any atom is -0.338 e. The molecule has 0 bridgehead atoms. The van der Waals surface area contributed by atoms with Gasteiger partial charge in [0.2, 0.25) is 0 Å². The molecule has 1 aliphatic rings. The van der Waals surface area contributed by atoms with Crippen LogP contribution in [-0.2, 0) is 6.42 Å². The number of urea groups is 1. The first-order valence-corrected chi connectivity index (χ1v) is 8.80. The van der Waals surface area contributed by atoms with E-state index in [-0.39, 0.29) is 12.1 Å². The molecule has 1 aromatic heterocycles. The molecule has 1 aromatic carbocycles. The summed E-state index contributed by atoms with van der Waals surface area (Å²) in [6.45, 7) is 3.64. The van der Waals surface area contributed by atoms with Gasteiger partial charge in [-0.05, 0) is 54.1 Å². The van der Waals surface area contributed by atoms with Crippen LogP contribution in [-0.4, -0.2) is 24.0 Å². The molecule has 1 N–H and O–H groups in total. The van der Waals surface area contributed by atoms with Crippen molar-refractivity contribution in [2.75, 3.05) is 13.1 Å². The Bertz CT molecular complexity index is 624. The fourth-order valence-electron chi connectivity index (χ4n) is 3.10. The SMILES string of the molecule is Cc1cccc(CCNC(=O)N2CCCC2c2ccsc2)c1. The Morgan fingerprint density at radius 2 is 2.32 bits per heavy atom. The van der Waals surface area contributed by atoms with Crippen molar-refractivity contribution in [1.29, 1.82) is 0 Å². The molecule has 1 saturated heterocycles. The maximum atomic E-state index is 12.4. The average molecular weight is 314 g/mol. The van der Waals surface area contributed by atoms with Crippen molar-refractivity contribution in [3.05, 3.63) is 57.8 Å².